The van der Waals surface area contributed by atoms with Crippen LogP contribution in [0.3, 0.4) is 0 Å². The highest BCUT2D eigenvalue weighted by Gasteiger charge is 2.44. The Kier molecular flexibility index (Phi) is 5.96. The molecule has 0 unspecified atom stereocenters. The molecule has 2 atom stereocenters. The first-order valence-electron chi connectivity index (χ1n) is 9.72. The number of ether oxygens (including phenoxy) is 1. The van der Waals surface area contributed by atoms with E-state index in [1.807, 2.05) is 23.6 Å². The Morgan fingerprint density at radius 1 is 1.35 bits per heavy atom. The van der Waals surface area contributed by atoms with Crippen molar-refractivity contribution >= 4 is 11.8 Å². The Labute approximate surface area is 154 Å². The third kappa shape index (κ3) is 4.09. The van der Waals surface area contributed by atoms with Crippen molar-refractivity contribution in [2.75, 3.05) is 26.2 Å². The molecule has 3 rings (SSSR count). The van der Waals surface area contributed by atoms with Gasteiger partial charge in [0.25, 0.3) is 5.91 Å². The summed E-state index contributed by atoms with van der Waals surface area (Å²) in [5, 5.41) is 3.62. The summed E-state index contributed by atoms with van der Waals surface area (Å²) in [4.78, 5) is 28.4. The summed E-state index contributed by atoms with van der Waals surface area (Å²) < 4.78 is 11.4. The summed E-state index contributed by atoms with van der Waals surface area (Å²) in [7, 11) is 0. The first kappa shape index (κ1) is 18.9. The van der Waals surface area contributed by atoms with E-state index in [0.717, 1.165) is 51.7 Å². The molecule has 26 heavy (non-hydrogen) atoms. The fraction of sp³-hybridized carbons (Fsp3) is 0.737. The lowest BCUT2D eigenvalue weighted by atomic mass is 9.89. The smallest absolute Gasteiger partial charge is 0.292 e. The third-order valence-corrected chi connectivity index (χ3v) is 5.61. The number of aromatic nitrogens is 1. The Morgan fingerprint density at radius 3 is 2.85 bits per heavy atom. The van der Waals surface area contributed by atoms with Crippen molar-refractivity contribution in [1.82, 2.24) is 15.0 Å². The molecule has 0 bridgehead atoms. The van der Waals surface area contributed by atoms with Gasteiger partial charge in [0.2, 0.25) is 11.7 Å². The molecule has 0 saturated carbocycles. The van der Waals surface area contributed by atoms with Gasteiger partial charge in [-0.05, 0) is 46.0 Å². The van der Waals surface area contributed by atoms with Crippen LogP contribution in [0.1, 0.15) is 62.9 Å². The molecule has 7 heteroatoms. The monoisotopic (exact) mass is 363 g/mol. The number of hydrogen-bond donors (Lipinski definition) is 0. The second kappa shape index (κ2) is 8.20. The second-order valence-electron chi connectivity index (χ2n) is 7.27. The van der Waals surface area contributed by atoms with Gasteiger partial charge in [0.1, 0.15) is 0 Å². The minimum atomic E-state index is -0.267. The Bertz CT molecular complexity index is 614. The van der Waals surface area contributed by atoms with Crippen molar-refractivity contribution < 1.29 is 18.8 Å². The van der Waals surface area contributed by atoms with E-state index in [-0.39, 0.29) is 29.3 Å². The predicted molar refractivity (Wildman–Crippen MR) is 95.6 cm³/mol. The van der Waals surface area contributed by atoms with Crippen LogP contribution in [0.15, 0.2) is 16.8 Å². The van der Waals surface area contributed by atoms with Gasteiger partial charge in [-0.3, -0.25) is 9.59 Å². The van der Waals surface area contributed by atoms with Crippen LogP contribution in [0.2, 0.25) is 0 Å². The van der Waals surface area contributed by atoms with Gasteiger partial charge in [0, 0.05) is 32.1 Å². The van der Waals surface area contributed by atoms with Gasteiger partial charge in [0.15, 0.2) is 0 Å². The normalized spacial score (nSPS) is 25.6. The lowest BCUT2D eigenvalue weighted by molar-refractivity contribution is -0.132. The molecule has 0 aliphatic carbocycles. The van der Waals surface area contributed by atoms with Crippen LogP contribution in [0, 0.1) is 0 Å². The lowest BCUT2D eigenvalue weighted by Crippen LogP contribution is -2.50. The van der Waals surface area contributed by atoms with Crippen molar-refractivity contribution in [3.8, 4) is 0 Å². The fourth-order valence-corrected chi connectivity index (χ4v) is 4.17. The number of amides is 2. The van der Waals surface area contributed by atoms with E-state index in [1.54, 1.807) is 6.07 Å². The highest BCUT2D eigenvalue weighted by atomic mass is 16.5. The Balaban J connectivity index is 1.53. The van der Waals surface area contributed by atoms with Crippen molar-refractivity contribution in [3.05, 3.63) is 18.0 Å². The maximum atomic E-state index is 12.5. The van der Waals surface area contributed by atoms with Gasteiger partial charge < -0.3 is 19.1 Å². The standard InChI is InChI=1S/C19H29N3O4/c1-3-21(4-2)17(23)7-6-15-8-11-19(25-15)10-5-13-22(14-19)18(24)16-9-12-20-26-16/h9,12,15H,3-8,10-11,13-14H2,1-2H3/t15-,19+/m1/s1. The molecule has 0 N–H and O–H groups in total. The third-order valence-electron chi connectivity index (χ3n) is 5.61. The summed E-state index contributed by atoms with van der Waals surface area (Å²) in [6.45, 7) is 6.82. The second-order valence-corrected chi connectivity index (χ2v) is 7.27. The van der Waals surface area contributed by atoms with Gasteiger partial charge >= 0.3 is 0 Å². The number of likely N-dealkylation sites (tertiary alicyclic amines) is 1. The van der Waals surface area contributed by atoms with Crippen molar-refractivity contribution in [1.29, 1.82) is 0 Å². The first-order valence-corrected chi connectivity index (χ1v) is 9.72. The Hall–Kier alpha value is -1.89. The van der Waals surface area contributed by atoms with Crippen molar-refractivity contribution in [2.45, 2.75) is 64.1 Å². The average molecular weight is 363 g/mol. The number of carbonyl (C=O) groups is 2. The van der Waals surface area contributed by atoms with Crippen LogP contribution in [0.5, 0.6) is 0 Å². The summed E-state index contributed by atoms with van der Waals surface area (Å²) in [5.74, 6) is 0.358. The topological polar surface area (TPSA) is 75.9 Å². The van der Waals surface area contributed by atoms with Crippen molar-refractivity contribution in [3.63, 3.8) is 0 Å². The molecule has 1 spiro atoms. The zero-order chi connectivity index (χ0) is 18.6. The van der Waals surface area contributed by atoms with Crippen molar-refractivity contribution in [2.24, 2.45) is 0 Å². The van der Waals surface area contributed by atoms with E-state index in [0.29, 0.717) is 13.0 Å². The molecule has 144 valence electrons. The van der Waals surface area contributed by atoms with Crippen LogP contribution in [0.25, 0.3) is 0 Å². The van der Waals surface area contributed by atoms with Gasteiger partial charge in [0.05, 0.1) is 24.4 Å². The number of piperidine rings is 1. The van der Waals surface area contributed by atoms with Gasteiger partial charge in [-0.15, -0.1) is 0 Å². The molecule has 1 aromatic heterocycles. The molecule has 2 fully saturated rings. The highest BCUT2D eigenvalue weighted by Crippen LogP contribution is 2.39. The molecule has 2 saturated heterocycles. The summed E-state index contributed by atoms with van der Waals surface area (Å²) >= 11 is 0. The molecule has 2 aliphatic heterocycles. The maximum Gasteiger partial charge on any atom is 0.292 e. The van der Waals surface area contributed by atoms with Crippen LogP contribution in [0.4, 0.5) is 0 Å². The minimum Gasteiger partial charge on any atom is -0.370 e. The number of nitrogens with zero attached hydrogens (tertiary/aromatic N) is 3. The minimum absolute atomic E-state index is 0.106. The van der Waals surface area contributed by atoms with Crippen LogP contribution in [-0.2, 0) is 9.53 Å². The Morgan fingerprint density at radius 2 is 2.15 bits per heavy atom. The van der Waals surface area contributed by atoms with E-state index in [2.05, 4.69) is 5.16 Å². The van der Waals surface area contributed by atoms with E-state index >= 15 is 0 Å². The number of rotatable bonds is 6. The van der Waals surface area contributed by atoms with Gasteiger partial charge in [-0.2, -0.15) is 0 Å². The SMILES string of the molecule is CCN(CC)C(=O)CC[C@@H]1CC[C@]2(CCCN(C(=O)c3ccno3)C2)O1. The van der Waals surface area contributed by atoms with Gasteiger partial charge in [-0.1, -0.05) is 5.16 Å². The predicted octanol–water partition coefficient (Wildman–Crippen LogP) is 2.48. The molecule has 3 heterocycles. The first-order chi connectivity index (χ1) is 12.6. The number of hydrogen-bond acceptors (Lipinski definition) is 5. The molecule has 0 aromatic carbocycles. The fourth-order valence-electron chi connectivity index (χ4n) is 4.17. The molecular formula is C19H29N3O4. The van der Waals surface area contributed by atoms with E-state index in [4.69, 9.17) is 9.26 Å². The molecular weight excluding hydrogens is 334 g/mol. The molecule has 2 amide bonds. The number of carbonyl (C=O) groups excluding carboxylic acids is 2. The van der Waals surface area contributed by atoms with Crippen LogP contribution >= 0.6 is 0 Å². The van der Waals surface area contributed by atoms with Gasteiger partial charge in [-0.25, -0.2) is 0 Å². The summed E-state index contributed by atoms with van der Waals surface area (Å²) in [6, 6.07) is 1.60. The maximum absolute atomic E-state index is 12.5. The van der Waals surface area contributed by atoms with E-state index < -0.39 is 0 Å². The zero-order valence-electron chi connectivity index (χ0n) is 15.8. The molecule has 7 nitrogen and oxygen atoms in total. The zero-order valence-corrected chi connectivity index (χ0v) is 15.8. The molecule has 1 aromatic rings. The van der Waals surface area contributed by atoms with Crippen LogP contribution in [-0.4, -0.2) is 64.7 Å². The largest absolute Gasteiger partial charge is 0.370 e. The molecule has 0 radical (unpaired) electrons. The van der Waals surface area contributed by atoms with E-state index in [1.165, 1.54) is 6.20 Å². The van der Waals surface area contributed by atoms with Crippen LogP contribution < -0.4 is 0 Å². The summed E-state index contributed by atoms with van der Waals surface area (Å²) in [5.41, 5.74) is -0.267. The summed E-state index contributed by atoms with van der Waals surface area (Å²) in [6.07, 6.45) is 6.67. The molecule has 2 aliphatic rings. The van der Waals surface area contributed by atoms with E-state index in [9.17, 15) is 9.59 Å². The quantitative estimate of drug-likeness (QED) is 0.776. The average Bonchev–Trinajstić information content (AvgIpc) is 3.31. The highest BCUT2D eigenvalue weighted by molar-refractivity contribution is 5.91. The lowest BCUT2D eigenvalue weighted by Gasteiger charge is -2.39.